The summed E-state index contributed by atoms with van der Waals surface area (Å²) in [7, 11) is -0.421. The van der Waals surface area contributed by atoms with Gasteiger partial charge < -0.3 is 5.11 Å². The highest BCUT2D eigenvalue weighted by molar-refractivity contribution is 5.68. The zero-order chi connectivity index (χ0) is 7.28. The van der Waals surface area contributed by atoms with Gasteiger partial charge in [0.05, 0.1) is 5.29 Å². The maximum Gasteiger partial charge on any atom is 0.324 e. The van der Waals surface area contributed by atoms with Gasteiger partial charge in [-0.3, -0.25) is 9.80 Å². The van der Waals surface area contributed by atoms with Crippen LogP contribution in [0.25, 0.3) is 0 Å². The molecule has 0 rings (SSSR count). The second-order valence-electron chi connectivity index (χ2n) is 1.14. The molecule has 0 aromatic carbocycles. The normalized spacial score (nSPS) is 9.75. The predicted molar refractivity (Wildman–Crippen MR) is 26.1 cm³/mol. The van der Waals surface area contributed by atoms with Gasteiger partial charge in [-0.2, -0.15) is 0 Å². The van der Waals surface area contributed by atoms with Crippen molar-refractivity contribution in [3.05, 3.63) is 4.91 Å². The lowest BCUT2D eigenvalue weighted by atomic mass is 10.7. The molecule has 5 heteroatoms. The van der Waals surface area contributed by atoms with E-state index in [0.717, 1.165) is 0 Å². The maximum absolute atomic E-state index is 9.80. The Labute approximate surface area is 47.3 Å². The molecule has 0 aliphatic carbocycles. The van der Waals surface area contributed by atoms with Crippen molar-refractivity contribution in [1.82, 2.24) is 5.01 Å². The van der Waals surface area contributed by atoms with E-state index in [9.17, 15) is 9.70 Å². The number of hydrogen-bond acceptors (Lipinski definition) is 3. The fraction of sp³-hybridized carbons (Fsp3) is 0.667. The lowest BCUT2D eigenvalue weighted by Gasteiger charge is -2.00. The molecule has 0 bridgehead atoms. The monoisotopic (exact) mass is 119 g/mol. The van der Waals surface area contributed by atoms with Crippen LogP contribution in [0.3, 0.4) is 0 Å². The van der Waals surface area contributed by atoms with Gasteiger partial charge in [0, 0.05) is 8.39 Å². The van der Waals surface area contributed by atoms with Gasteiger partial charge >= 0.3 is 5.97 Å². The van der Waals surface area contributed by atoms with Crippen molar-refractivity contribution in [3.63, 3.8) is 0 Å². The van der Waals surface area contributed by atoms with Gasteiger partial charge in [0.1, 0.15) is 6.54 Å². The van der Waals surface area contributed by atoms with E-state index < -0.39 is 19.5 Å². The first-order valence-corrected chi connectivity index (χ1v) is 1.80. The van der Waals surface area contributed by atoms with Gasteiger partial charge in [0.15, 0.2) is 0 Å². The first-order valence-electron chi connectivity index (χ1n) is 2.50. The number of carboxylic acids is 1. The van der Waals surface area contributed by atoms with Crippen LogP contribution in [0.15, 0.2) is 5.29 Å². The lowest BCUT2D eigenvalue weighted by molar-refractivity contribution is -0.137. The fourth-order valence-electron chi connectivity index (χ4n) is 0.185. The van der Waals surface area contributed by atoms with Gasteiger partial charge in [-0.15, -0.1) is 4.91 Å². The molecule has 0 aliphatic heterocycles. The molecule has 0 unspecified atom stereocenters. The molecule has 0 spiro atoms. The Balaban J connectivity index is 3.55. The molecule has 0 aromatic rings. The summed E-state index contributed by atoms with van der Waals surface area (Å²) >= 11 is 0. The van der Waals surface area contributed by atoms with Crippen LogP contribution >= 0.6 is 0 Å². The van der Waals surface area contributed by atoms with E-state index in [1.165, 1.54) is 0 Å². The van der Waals surface area contributed by atoms with Gasteiger partial charge in [0.25, 0.3) is 0 Å². The van der Waals surface area contributed by atoms with Crippen molar-refractivity contribution in [2.75, 3.05) is 13.6 Å². The van der Waals surface area contributed by atoms with Gasteiger partial charge in [0.2, 0.25) is 0 Å². The Bertz CT molecular complexity index is 118. The van der Waals surface area contributed by atoms with E-state index >= 15 is 0 Å². The van der Waals surface area contributed by atoms with E-state index in [0.29, 0.717) is 5.01 Å². The minimum atomic E-state index is -1.16. The van der Waals surface area contributed by atoms with Gasteiger partial charge in [-0.05, 0) is 0 Å². The highest BCUT2D eigenvalue weighted by Gasteiger charge is 1.99. The van der Waals surface area contributed by atoms with Crippen LogP contribution < -0.4 is 0 Å². The summed E-state index contributed by atoms with van der Waals surface area (Å²) in [4.78, 5) is 19.4. The zero-order valence-electron chi connectivity index (χ0n) is 5.07. The summed E-state index contributed by atoms with van der Waals surface area (Å²) in [5, 5.41) is 10.9. The Morgan fingerprint density at radius 3 is 2.88 bits per heavy atom. The molecule has 0 saturated heterocycles. The largest absolute Gasteiger partial charge is 0.480 e. The molecule has 0 fully saturated rings. The highest BCUT2D eigenvalue weighted by Crippen LogP contribution is 1.78. The number of likely N-dealkylation sites (N-methyl/N-ethyl adjacent to an activating group) is 1. The summed E-state index contributed by atoms with van der Waals surface area (Å²) in [5.74, 6) is -1.16. The molecule has 0 aromatic heterocycles. The highest BCUT2D eigenvalue weighted by atomic mass is 16.4. The number of aliphatic carboxylic acids is 1. The predicted octanol–water partition coefficient (Wildman–Crippen LogP) is -0.316. The molecule has 0 aliphatic rings. The molecule has 46 valence electrons. The number of nitrogens with zero attached hydrogens (tertiary/aromatic N) is 2. The number of carboxylic acid groups (broad SMARTS) is 1. The number of rotatable bonds is 3. The standard InChI is InChI=1S/C3H6N2O3/c1-5(4-8)2-3(6)7/h2H2,1H3,(H,6,7)/i1D. The molecular formula is C3H6N2O3. The van der Waals surface area contributed by atoms with Crippen LogP contribution in [0.5, 0.6) is 0 Å². The zero-order valence-corrected chi connectivity index (χ0v) is 4.07. The van der Waals surface area contributed by atoms with E-state index in [1.54, 1.807) is 0 Å². The minimum absolute atomic E-state index is 0.421. The van der Waals surface area contributed by atoms with Crippen LogP contribution in [-0.2, 0) is 4.79 Å². The summed E-state index contributed by atoms with van der Waals surface area (Å²) in [5.41, 5.74) is 0. The van der Waals surface area contributed by atoms with Crippen molar-refractivity contribution in [1.29, 1.82) is 0 Å². The molecular weight excluding hydrogens is 112 g/mol. The lowest BCUT2D eigenvalue weighted by Crippen LogP contribution is -2.19. The van der Waals surface area contributed by atoms with Crippen LogP contribution in [0, 0.1) is 4.91 Å². The molecule has 1 N–H and O–H groups in total. The summed E-state index contributed by atoms with van der Waals surface area (Å²) in [6, 6.07) is 0. The number of hydrogen-bond donors (Lipinski definition) is 1. The maximum atomic E-state index is 9.80. The molecule has 8 heavy (non-hydrogen) atoms. The molecule has 0 saturated carbocycles. The number of nitroso groups, excluding NO2 is 1. The first-order chi connectivity index (χ1) is 4.20. The summed E-state index contributed by atoms with van der Waals surface area (Å²) in [6.45, 7) is -0.507. The average molecular weight is 119 g/mol. The number of carbonyl (C=O) groups is 1. The fourth-order valence-corrected chi connectivity index (χ4v) is 0.185. The Morgan fingerprint density at radius 1 is 2.12 bits per heavy atom. The first kappa shape index (κ1) is 5.02. The Kier molecular flexibility index (Phi) is 1.85. The average Bonchev–Trinajstić information content (AvgIpc) is 1.82. The molecule has 0 radical (unpaired) electrons. The van der Waals surface area contributed by atoms with E-state index in [2.05, 4.69) is 5.29 Å². The van der Waals surface area contributed by atoms with Crippen molar-refractivity contribution < 1.29 is 11.3 Å². The molecule has 0 heterocycles. The van der Waals surface area contributed by atoms with E-state index in [-0.39, 0.29) is 0 Å². The SMILES string of the molecule is [2H]CN(CC(=O)O)N=O. The van der Waals surface area contributed by atoms with E-state index in [4.69, 9.17) is 6.48 Å². The van der Waals surface area contributed by atoms with Crippen LogP contribution in [0.1, 0.15) is 1.37 Å². The van der Waals surface area contributed by atoms with Crippen molar-refractivity contribution in [2.24, 2.45) is 5.29 Å². The topological polar surface area (TPSA) is 70.0 Å². The van der Waals surface area contributed by atoms with Crippen molar-refractivity contribution in [3.8, 4) is 0 Å². The third-order valence-electron chi connectivity index (χ3n) is 0.433. The van der Waals surface area contributed by atoms with Crippen LogP contribution in [-0.4, -0.2) is 29.7 Å². The van der Waals surface area contributed by atoms with Gasteiger partial charge in [-0.25, -0.2) is 0 Å². The van der Waals surface area contributed by atoms with Crippen LogP contribution in [0.4, 0.5) is 0 Å². The molecule has 0 atom stereocenters. The minimum Gasteiger partial charge on any atom is -0.480 e. The third kappa shape index (κ3) is 3.08. The summed E-state index contributed by atoms with van der Waals surface area (Å²) in [6.07, 6.45) is 0. The van der Waals surface area contributed by atoms with E-state index in [1.807, 2.05) is 0 Å². The Hall–Kier alpha value is -1.13. The molecule has 0 amide bonds. The second kappa shape index (κ2) is 2.95. The second-order valence-corrected chi connectivity index (χ2v) is 1.14. The third-order valence-corrected chi connectivity index (χ3v) is 0.433. The Morgan fingerprint density at radius 2 is 2.75 bits per heavy atom. The smallest absolute Gasteiger partial charge is 0.324 e. The quantitative estimate of drug-likeness (QED) is 0.408. The van der Waals surface area contributed by atoms with Crippen LogP contribution in [0.2, 0.25) is 0 Å². The van der Waals surface area contributed by atoms with Crippen molar-refractivity contribution in [2.45, 2.75) is 0 Å². The summed E-state index contributed by atoms with van der Waals surface area (Å²) < 4.78 is 6.52. The van der Waals surface area contributed by atoms with Crippen molar-refractivity contribution >= 4 is 5.97 Å². The molecule has 5 nitrogen and oxygen atoms in total. The van der Waals surface area contributed by atoms with Gasteiger partial charge in [-0.1, -0.05) is 0 Å².